The smallest absolute Gasteiger partial charge is 0.115 e. The zero-order chi connectivity index (χ0) is 18.6. The molecule has 0 spiro atoms. The van der Waals surface area contributed by atoms with Crippen molar-refractivity contribution in [3.05, 3.63) is 101 Å². The van der Waals surface area contributed by atoms with Gasteiger partial charge >= 0.3 is 0 Å². The molecular weight excluding hydrogens is 348 g/mol. The number of benzene rings is 3. The first-order chi connectivity index (χ1) is 13.3. The molecule has 4 rings (SSSR count). The molecule has 0 fully saturated rings. The Labute approximate surface area is 165 Å². The fourth-order valence-electron chi connectivity index (χ4n) is 3.83. The van der Waals surface area contributed by atoms with Gasteiger partial charge < -0.3 is 0 Å². The average Bonchev–Trinajstić information content (AvgIpc) is 2.87. The van der Waals surface area contributed by atoms with Crippen LogP contribution < -0.4 is 4.72 Å². The molecule has 0 heterocycles. The van der Waals surface area contributed by atoms with Crippen LogP contribution in [0.2, 0.25) is 0 Å². The van der Waals surface area contributed by atoms with E-state index in [1.165, 1.54) is 39.8 Å². The molecule has 0 saturated carbocycles. The van der Waals surface area contributed by atoms with E-state index in [4.69, 9.17) is 0 Å². The highest BCUT2D eigenvalue weighted by Gasteiger charge is 2.30. The fourth-order valence-corrected chi connectivity index (χ4v) is 4.56. The quantitative estimate of drug-likeness (QED) is 0.623. The van der Waals surface area contributed by atoms with Gasteiger partial charge in [-0.2, -0.15) is 5.26 Å². The zero-order valence-electron chi connectivity index (χ0n) is 15.4. The van der Waals surface area contributed by atoms with Gasteiger partial charge in [0, 0.05) is 10.8 Å². The number of rotatable bonds is 4. The topological polar surface area (TPSA) is 35.8 Å². The van der Waals surface area contributed by atoms with Gasteiger partial charge in [0.1, 0.15) is 6.04 Å². The van der Waals surface area contributed by atoms with Gasteiger partial charge in [0.2, 0.25) is 0 Å². The van der Waals surface area contributed by atoms with Crippen molar-refractivity contribution >= 4 is 11.9 Å². The number of hydrogen-bond acceptors (Lipinski definition) is 3. The Morgan fingerprint density at radius 1 is 0.889 bits per heavy atom. The predicted octanol–water partition coefficient (Wildman–Crippen LogP) is 5.41. The zero-order valence-corrected chi connectivity index (χ0v) is 16.2. The summed E-state index contributed by atoms with van der Waals surface area (Å²) < 4.78 is 3.44. The van der Waals surface area contributed by atoms with E-state index in [2.05, 4.69) is 90.5 Å². The van der Waals surface area contributed by atoms with E-state index in [9.17, 15) is 5.26 Å². The van der Waals surface area contributed by atoms with E-state index in [0.29, 0.717) is 0 Å². The molecule has 1 aliphatic rings. The highest BCUT2D eigenvalue weighted by molar-refractivity contribution is 7.97. The van der Waals surface area contributed by atoms with Gasteiger partial charge in [0.05, 0.1) is 6.07 Å². The van der Waals surface area contributed by atoms with Gasteiger partial charge in [-0.1, -0.05) is 66.2 Å². The van der Waals surface area contributed by atoms with Crippen molar-refractivity contribution in [3.8, 4) is 6.07 Å². The summed E-state index contributed by atoms with van der Waals surface area (Å²) >= 11 is 1.54. The van der Waals surface area contributed by atoms with Crippen LogP contribution in [0.3, 0.4) is 0 Å². The third kappa shape index (κ3) is 3.78. The number of aryl methyl sites for hydroxylation is 3. The molecule has 3 aromatic rings. The highest BCUT2D eigenvalue weighted by atomic mass is 32.2. The lowest BCUT2D eigenvalue weighted by Gasteiger charge is -2.25. The van der Waals surface area contributed by atoms with E-state index < -0.39 is 0 Å². The summed E-state index contributed by atoms with van der Waals surface area (Å²) in [5.74, 6) is 0.0304. The van der Waals surface area contributed by atoms with Gasteiger partial charge in [0.15, 0.2) is 0 Å². The van der Waals surface area contributed by atoms with Gasteiger partial charge in [0.25, 0.3) is 0 Å². The van der Waals surface area contributed by atoms with Crippen molar-refractivity contribution in [3.63, 3.8) is 0 Å². The lowest BCUT2D eigenvalue weighted by Crippen LogP contribution is -2.30. The molecular formula is C24H22N2S. The molecule has 3 aromatic carbocycles. The highest BCUT2D eigenvalue weighted by Crippen LogP contribution is 2.37. The van der Waals surface area contributed by atoms with Crippen molar-refractivity contribution in [2.45, 2.75) is 36.6 Å². The minimum absolute atomic E-state index is 0.0304. The SMILES string of the molecule is Cc1ccc(SN[C@H](C#N)C2c3ccccc3CCc3ccccc32)cc1. The maximum atomic E-state index is 10.0. The van der Waals surface area contributed by atoms with Crippen LogP contribution in [0, 0.1) is 18.3 Å². The number of nitrogens with one attached hydrogen (secondary N) is 1. The van der Waals surface area contributed by atoms with Gasteiger partial charge in [-0.15, -0.1) is 0 Å². The van der Waals surface area contributed by atoms with Crippen LogP contribution in [-0.2, 0) is 12.8 Å². The maximum absolute atomic E-state index is 10.0. The average molecular weight is 371 g/mol. The molecule has 134 valence electrons. The Balaban J connectivity index is 1.69. The molecule has 0 radical (unpaired) electrons. The Hall–Kier alpha value is -2.54. The summed E-state index contributed by atoms with van der Waals surface area (Å²) in [5, 5.41) is 10.0. The van der Waals surface area contributed by atoms with Crippen molar-refractivity contribution in [1.82, 2.24) is 4.72 Å². The molecule has 3 heteroatoms. The van der Waals surface area contributed by atoms with E-state index in [0.717, 1.165) is 17.7 Å². The second-order valence-corrected chi connectivity index (χ2v) is 7.93. The first-order valence-electron chi connectivity index (χ1n) is 9.30. The van der Waals surface area contributed by atoms with Crippen LogP contribution in [0.1, 0.15) is 33.7 Å². The first kappa shape index (κ1) is 17.9. The minimum atomic E-state index is -0.309. The summed E-state index contributed by atoms with van der Waals surface area (Å²) in [7, 11) is 0. The molecule has 1 aliphatic carbocycles. The third-order valence-corrected chi connectivity index (χ3v) is 6.12. The molecule has 0 amide bonds. The number of fused-ring (bicyclic) bond motifs is 2. The second-order valence-electron chi connectivity index (χ2n) is 7.02. The monoisotopic (exact) mass is 370 g/mol. The minimum Gasteiger partial charge on any atom is -0.242 e. The Bertz CT molecular complexity index is 925. The van der Waals surface area contributed by atoms with Crippen LogP contribution in [0.4, 0.5) is 0 Å². The standard InChI is InChI=1S/C24H22N2S/c1-17-10-14-20(15-11-17)27-26-23(16-25)24-21-8-4-2-6-18(21)12-13-19-7-3-5-9-22(19)24/h2-11,14-15,23-24,26H,12-13H2,1H3/t23-/m1/s1. The summed E-state index contributed by atoms with van der Waals surface area (Å²) in [6.45, 7) is 2.08. The van der Waals surface area contributed by atoms with E-state index in [-0.39, 0.29) is 12.0 Å². The molecule has 0 aromatic heterocycles. The molecule has 27 heavy (non-hydrogen) atoms. The van der Waals surface area contributed by atoms with Crippen molar-refractivity contribution in [2.75, 3.05) is 0 Å². The fraction of sp³-hybridized carbons (Fsp3) is 0.208. The Morgan fingerprint density at radius 2 is 1.44 bits per heavy atom. The van der Waals surface area contributed by atoms with Crippen LogP contribution in [-0.4, -0.2) is 6.04 Å². The van der Waals surface area contributed by atoms with Crippen LogP contribution in [0.5, 0.6) is 0 Å². The maximum Gasteiger partial charge on any atom is 0.115 e. The molecule has 0 bridgehead atoms. The summed E-state index contributed by atoms with van der Waals surface area (Å²) in [6.07, 6.45) is 2.04. The van der Waals surface area contributed by atoms with Gasteiger partial charge in [-0.05, 0) is 66.1 Å². The van der Waals surface area contributed by atoms with Crippen molar-refractivity contribution in [1.29, 1.82) is 5.26 Å². The van der Waals surface area contributed by atoms with E-state index in [1.807, 2.05) is 0 Å². The summed E-state index contributed by atoms with van der Waals surface area (Å²) in [4.78, 5) is 1.12. The molecule has 0 saturated heterocycles. The molecule has 0 aliphatic heterocycles. The van der Waals surface area contributed by atoms with Crippen LogP contribution >= 0.6 is 11.9 Å². The summed E-state index contributed by atoms with van der Waals surface area (Å²) in [5.41, 5.74) is 6.47. The Kier molecular flexibility index (Phi) is 5.29. The predicted molar refractivity (Wildman–Crippen MR) is 112 cm³/mol. The molecule has 1 atom stereocenters. The number of nitrogens with zero attached hydrogens (tertiary/aromatic N) is 1. The van der Waals surface area contributed by atoms with E-state index >= 15 is 0 Å². The normalized spacial score (nSPS) is 14.5. The first-order valence-corrected chi connectivity index (χ1v) is 10.1. The van der Waals surface area contributed by atoms with Crippen molar-refractivity contribution < 1.29 is 0 Å². The van der Waals surface area contributed by atoms with Gasteiger partial charge in [-0.3, -0.25) is 0 Å². The molecule has 1 N–H and O–H groups in total. The van der Waals surface area contributed by atoms with Crippen LogP contribution in [0.15, 0.2) is 77.7 Å². The summed E-state index contributed by atoms with van der Waals surface area (Å²) in [6, 6.07) is 27.8. The Morgan fingerprint density at radius 3 is 2.00 bits per heavy atom. The number of hydrogen-bond donors (Lipinski definition) is 1. The van der Waals surface area contributed by atoms with Crippen LogP contribution in [0.25, 0.3) is 0 Å². The van der Waals surface area contributed by atoms with Crippen molar-refractivity contribution in [2.24, 2.45) is 0 Å². The molecule has 2 nitrogen and oxygen atoms in total. The second kappa shape index (κ2) is 8.00. The molecule has 0 unspecified atom stereocenters. The largest absolute Gasteiger partial charge is 0.242 e. The number of nitriles is 1. The lowest BCUT2D eigenvalue weighted by atomic mass is 9.83. The third-order valence-electron chi connectivity index (χ3n) is 5.24. The van der Waals surface area contributed by atoms with E-state index in [1.54, 1.807) is 0 Å². The van der Waals surface area contributed by atoms with Gasteiger partial charge in [-0.25, -0.2) is 4.72 Å². The lowest BCUT2D eigenvalue weighted by molar-refractivity contribution is 0.670.